The molecule has 0 amide bonds. The fraction of sp³-hybridized carbons (Fsp3) is 0.200. The van der Waals surface area contributed by atoms with E-state index in [1.807, 2.05) is 0 Å². The molecule has 26 heavy (non-hydrogen) atoms. The van der Waals surface area contributed by atoms with E-state index >= 15 is 0 Å². The van der Waals surface area contributed by atoms with Crippen LogP contribution >= 0.6 is 30.3 Å². The largest absolute Gasteiger partial charge is 0.417 e. The van der Waals surface area contributed by atoms with Gasteiger partial charge in [-0.05, 0) is 49.7 Å². The molecule has 142 valence electrons. The Bertz CT molecular complexity index is 1000. The first kappa shape index (κ1) is 21.1. The Morgan fingerprint density at radius 3 is 2.19 bits per heavy atom. The van der Waals surface area contributed by atoms with Crippen molar-refractivity contribution in [2.75, 3.05) is 18.1 Å². The van der Waals surface area contributed by atoms with Gasteiger partial charge in [0.05, 0.1) is 21.2 Å². The Morgan fingerprint density at radius 2 is 1.65 bits per heavy atom. The second kappa shape index (κ2) is 7.08. The Kier molecular flexibility index (Phi) is 5.74. The van der Waals surface area contributed by atoms with Gasteiger partial charge in [-0.1, -0.05) is 23.2 Å². The SMILES string of the molecule is CP(C)(=O)c1ccc(Cl)cc1NS(=O)(=O)c1ccc(Cl)c(C(F)(F)F)c1. The fourth-order valence-corrected chi connectivity index (χ4v) is 4.86. The lowest BCUT2D eigenvalue weighted by atomic mass is 10.2. The number of hydrogen-bond donors (Lipinski definition) is 1. The minimum atomic E-state index is -4.81. The topological polar surface area (TPSA) is 63.2 Å². The first-order chi connectivity index (χ1) is 11.7. The lowest BCUT2D eigenvalue weighted by Crippen LogP contribution is -2.20. The normalized spacial score (nSPS) is 12.9. The predicted octanol–water partition coefficient (Wildman–Crippen LogP) is 5.06. The van der Waals surface area contributed by atoms with Gasteiger partial charge in [-0.15, -0.1) is 0 Å². The average Bonchev–Trinajstić information content (AvgIpc) is 2.44. The van der Waals surface area contributed by atoms with E-state index in [9.17, 15) is 26.2 Å². The first-order valence-corrected chi connectivity index (χ1v) is 11.8. The van der Waals surface area contributed by atoms with Gasteiger partial charge in [-0.25, -0.2) is 8.42 Å². The molecule has 0 radical (unpaired) electrons. The molecular weight excluding hydrogens is 433 g/mol. The van der Waals surface area contributed by atoms with Gasteiger partial charge in [-0.3, -0.25) is 4.72 Å². The van der Waals surface area contributed by atoms with Crippen molar-refractivity contribution in [1.29, 1.82) is 0 Å². The van der Waals surface area contributed by atoms with Crippen molar-refractivity contribution in [2.45, 2.75) is 11.1 Å². The maximum Gasteiger partial charge on any atom is 0.417 e. The molecular formula is C15H13Cl2F3NO3PS. The van der Waals surface area contributed by atoms with Crippen molar-refractivity contribution >= 4 is 51.4 Å². The van der Waals surface area contributed by atoms with Crippen LogP contribution in [0, 0.1) is 0 Å². The highest BCUT2D eigenvalue weighted by Gasteiger charge is 2.34. The molecule has 0 spiro atoms. The minimum Gasteiger partial charge on any atom is -0.319 e. The van der Waals surface area contributed by atoms with Crippen LogP contribution in [-0.2, 0) is 20.8 Å². The van der Waals surface area contributed by atoms with Crippen molar-refractivity contribution < 1.29 is 26.2 Å². The van der Waals surface area contributed by atoms with E-state index in [0.717, 1.165) is 12.1 Å². The summed E-state index contributed by atoms with van der Waals surface area (Å²) in [6, 6.07) is 6.33. The molecule has 0 aliphatic carbocycles. The molecule has 1 N–H and O–H groups in total. The van der Waals surface area contributed by atoms with Crippen LogP contribution in [0.25, 0.3) is 0 Å². The number of rotatable bonds is 4. The van der Waals surface area contributed by atoms with Crippen molar-refractivity contribution in [2.24, 2.45) is 0 Å². The molecule has 0 aliphatic heterocycles. The van der Waals surface area contributed by atoms with E-state index < -0.39 is 38.8 Å². The molecule has 0 atom stereocenters. The lowest BCUT2D eigenvalue weighted by Gasteiger charge is -2.17. The minimum absolute atomic E-state index is 0.0608. The van der Waals surface area contributed by atoms with Gasteiger partial charge in [0.25, 0.3) is 10.0 Å². The van der Waals surface area contributed by atoms with E-state index in [0.29, 0.717) is 6.07 Å². The number of halogens is 5. The zero-order chi connectivity index (χ0) is 19.9. The van der Waals surface area contributed by atoms with E-state index in [1.54, 1.807) is 0 Å². The molecule has 0 saturated heterocycles. The van der Waals surface area contributed by atoms with Crippen LogP contribution < -0.4 is 10.0 Å². The maximum absolute atomic E-state index is 13.0. The summed E-state index contributed by atoms with van der Waals surface area (Å²) in [5.74, 6) is 0. The van der Waals surface area contributed by atoms with Crippen molar-refractivity contribution in [3.63, 3.8) is 0 Å². The summed E-state index contributed by atoms with van der Waals surface area (Å²) in [6.07, 6.45) is -4.81. The van der Waals surface area contributed by atoms with E-state index in [1.165, 1.54) is 31.5 Å². The van der Waals surface area contributed by atoms with E-state index in [-0.39, 0.29) is 16.0 Å². The third kappa shape index (κ3) is 4.74. The zero-order valence-electron chi connectivity index (χ0n) is 13.4. The number of anilines is 1. The third-order valence-electron chi connectivity index (χ3n) is 3.34. The summed E-state index contributed by atoms with van der Waals surface area (Å²) in [7, 11) is -7.28. The van der Waals surface area contributed by atoms with Gasteiger partial charge in [-0.2, -0.15) is 13.2 Å². The highest BCUT2D eigenvalue weighted by molar-refractivity contribution is 7.92. The quantitative estimate of drug-likeness (QED) is 0.668. The molecule has 2 aromatic carbocycles. The molecule has 0 saturated carbocycles. The van der Waals surface area contributed by atoms with E-state index in [4.69, 9.17) is 23.2 Å². The van der Waals surface area contributed by atoms with Gasteiger partial charge in [0.2, 0.25) is 0 Å². The number of alkyl halides is 3. The van der Waals surface area contributed by atoms with Gasteiger partial charge in [0.1, 0.15) is 7.14 Å². The summed E-state index contributed by atoms with van der Waals surface area (Å²) >= 11 is 11.4. The molecule has 11 heteroatoms. The molecule has 0 unspecified atom stereocenters. The molecule has 2 rings (SSSR count). The van der Waals surface area contributed by atoms with Crippen molar-refractivity contribution in [1.82, 2.24) is 0 Å². The van der Waals surface area contributed by atoms with Gasteiger partial charge < -0.3 is 4.57 Å². The molecule has 2 aromatic rings. The highest BCUT2D eigenvalue weighted by atomic mass is 35.5. The fourth-order valence-electron chi connectivity index (χ4n) is 2.15. The number of sulfonamides is 1. The average molecular weight is 446 g/mol. The monoisotopic (exact) mass is 445 g/mol. The molecule has 4 nitrogen and oxygen atoms in total. The van der Waals surface area contributed by atoms with Gasteiger partial charge >= 0.3 is 6.18 Å². The summed E-state index contributed by atoms with van der Waals surface area (Å²) in [4.78, 5) is -0.637. The predicted molar refractivity (Wildman–Crippen MR) is 97.8 cm³/mol. The van der Waals surface area contributed by atoms with Crippen LogP contribution in [-0.4, -0.2) is 21.7 Å². The smallest absolute Gasteiger partial charge is 0.319 e. The van der Waals surface area contributed by atoms with Crippen LogP contribution in [0.15, 0.2) is 41.3 Å². The second-order valence-corrected chi connectivity index (χ2v) is 11.5. The zero-order valence-corrected chi connectivity index (χ0v) is 16.7. The highest BCUT2D eigenvalue weighted by Crippen LogP contribution is 2.40. The maximum atomic E-state index is 13.0. The van der Waals surface area contributed by atoms with Crippen LogP contribution in [0.4, 0.5) is 18.9 Å². The summed E-state index contributed by atoms with van der Waals surface area (Å²) in [6.45, 7) is 2.86. The van der Waals surface area contributed by atoms with Crippen molar-refractivity contribution in [3.05, 3.63) is 52.0 Å². The standard InChI is InChI=1S/C15H13Cl2F3NO3PS/c1-25(2,22)14-6-3-9(16)7-13(14)21-26(23,24)10-4-5-12(17)11(8-10)15(18,19)20/h3-8,21H,1-2H3. The Hall–Kier alpha value is -1.21. The number of benzene rings is 2. The van der Waals surface area contributed by atoms with Gasteiger partial charge in [0, 0.05) is 10.3 Å². The summed E-state index contributed by atoms with van der Waals surface area (Å²) in [5.41, 5.74) is -1.33. The Labute approximate surface area is 158 Å². The molecule has 0 fully saturated rings. The Morgan fingerprint density at radius 1 is 1.04 bits per heavy atom. The van der Waals surface area contributed by atoms with Crippen LogP contribution in [0.3, 0.4) is 0 Å². The van der Waals surface area contributed by atoms with Crippen molar-refractivity contribution in [3.8, 4) is 0 Å². The molecule has 0 heterocycles. The van der Waals surface area contributed by atoms with Gasteiger partial charge in [0.15, 0.2) is 0 Å². The Balaban J connectivity index is 2.55. The molecule has 0 aliphatic rings. The molecule has 0 aromatic heterocycles. The number of hydrogen-bond acceptors (Lipinski definition) is 3. The number of nitrogens with one attached hydrogen (secondary N) is 1. The lowest BCUT2D eigenvalue weighted by molar-refractivity contribution is -0.137. The molecule has 0 bridgehead atoms. The van der Waals surface area contributed by atoms with Crippen LogP contribution in [0.2, 0.25) is 10.0 Å². The summed E-state index contributed by atoms with van der Waals surface area (Å²) < 4.78 is 78.5. The van der Waals surface area contributed by atoms with Crippen LogP contribution in [0.5, 0.6) is 0 Å². The second-order valence-electron chi connectivity index (χ2n) is 5.76. The summed E-state index contributed by atoms with van der Waals surface area (Å²) in [5, 5.41) is -0.242. The first-order valence-electron chi connectivity index (χ1n) is 6.96. The third-order valence-corrected chi connectivity index (χ3v) is 6.81. The van der Waals surface area contributed by atoms with E-state index in [2.05, 4.69) is 4.72 Å². The van der Waals surface area contributed by atoms with Crippen LogP contribution in [0.1, 0.15) is 5.56 Å².